The molecule has 1 aliphatic rings. The standard InChI is InChI=1S/C11H11ClN2O3S/c1-2-6-10(16)13-9(15)5-14(6)11(17)7-3-4-8(12)18-7/h3-4,6H,2,5H2,1H3,(H,13,15,16). The molecule has 1 fully saturated rings. The summed E-state index contributed by atoms with van der Waals surface area (Å²) in [6.07, 6.45) is 0.462. The lowest BCUT2D eigenvalue weighted by Gasteiger charge is -2.33. The summed E-state index contributed by atoms with van der Waals surface area (Å²) in [4.78, 5) is 36.9. The van der Waals surface area contributed by atoms with Crippen LogP contribution in [-0.2, 0) is 9.59 Å². The van der Waals surface area contributed by atoms with Crippen molar-refractivity contribution in [3.8, 4) is 0 Å². The van der Waals surface area contributed by atoms with Gasteiger partial charge in [0.25, 0.3) is 5.91 Å². The van der Waals surface area contributed by atoms with E-state index in [1.165, 1.54) is 4.90 Å². The maximum Gasteiger partial charge on any atom is 0.265 e. The van der Waals surface area contributed by atoms with Crippen LogP contribution in [-0.4, -0.2) is 35.2 Å². The van der Waals surface area contributed by atoms with Gasteiger partial charge in [-0.3, -0.25) is 19.7 Å². The van der Waals surface area contributed by atoms with E-state index in [2.05, 4.69) is 5.32 Å². The van der Waals surface area contributed by atoms with E-state index in [1.54, 1.807) is 19.1 Å². The second kappa shape index (κ2) is 5.07. The van der Waals surface area contributed by atoms with E-state index in [9.17, 15) is 14.4 Å². The molecule has 2 heterocycles. The Hall–Kier alpha value is -1.40. The molecule has 1 aliphatic heterocycles. The number of rotatable bonds is 2. The monoisotopic (exact) mass is 286 g/mol. The summed E-state index contributed by atoms with van der Waals surface area (Å²) in [5.41, 5.74) is 0. The van der Waals surface area contributed by atoms with Gasteiger partial charge in [-0.05, 0) is 18.6 Å². The van der Waals surface area contributed by atoms with Gasteiger partial charge in [0.05, 0.1) is 9.21 Å². The van der Waals surface area contributed by atoms with E-state index < -0.39 is 17.9 Å². The number of carbonyl (C=O) groups excluding carboxylic acids is 3. The largest absolute Gasteiger partial charge is 0.317 e. The molecule has 3 amide bonds. The van der Waals surface area contributed by atoms with Crippen LogP contribution >= 0.6 is 22.9 Å². The van der Waals surface area contributed by atoms with Gasteiger partial charge in [0.15, 0.2) is 0 Å². The summed E-state index contributed by atoms with van der Waals surface area (Å²) < 4.78 is 0.499. The second-order valence-electron chi connectivity index (χ2n) is 3.87. The highest BCUT2D eigenvalue weighted by Gasteiger charge is 2.36. The molecule has 0 aliphatic carbocycles. The van der Waals surface area contributed by atoms with E-state index in [0.717, 1.165) is 11.3 Å². The third-order valence-electron chi connectivity index (χ3n) is 2.69. The zero-order chi connectivity index (χ0) is 13.3. The van der Waals surface area contributed by atoms with Crippen molar-refractivity contribution in [2.24, 2.45) is 0 Å². The van der Waals surface area contributed by atoms with Gasteiger partial charge in [0, 0.05) is 0 Å². The lowest BCUT2D eigenvalue weighted by Crippen LogP contribution is -2.59. The number of amides is 3. The number of nitrogens with one attached hydrogen (secondary N) is 1. The Kier molecular flexibility index (Phi) is 3.68. The first kappa shape index (κ1) is 13.0. The molecule has 1 aromatic rings. The third-order valence-corrected chi connectivity index (χ3v) is 3.91. The van der Waals surface area contributed by atoms with Crippen molar-refractivity contribution in [2.75, 3.05) is 6.54 Å². The zero-order valence-electron chi connectivity index (χ0n) is 9.60. The third kappa shape index (κ3) is 2.39. The molecule has 1 atom stereocenters. The van der Waals surface area contributed by atoms with Crippen LogP contribution < -0.4 is 5.32 Å². The van der Waals surface area contributed by atoms with Crippen molar-refractivity contribution in [3.63, 3.8) is 0 Å². The van der Waals surface area contributed by atoms with Crippen molar-refractivity contribution < 1.29 is 14.4 Å². The first-order valence-electron chi connectivity index (χ1n) is 5.43. The second-order valence-corrected chi connectivity index (χ2v) is 5.59. The quantitative estimate of drug-likeness (QED) is 0.833. The van der Waals surface area contributed by atoms with Gasteiger partial charge < -0.3 is 4.90 Å². The van der Waals surface area contributed by atoms with Crippen molar-refractivity contribution >= 4 is 40.7 Å². The van der Waals surface area contributed by atoms with Gasteiger partial charge in [-0.2, -0.15) is 0 Å². The Balaban J connectivity index is 2.26. The predicted molar refractivity (Wildman–Crippen MR) is 67.6 cm³/mol. The molecule has 1 unspecified atom stereocenters. The van der Waals surface area contributed by atoms with Crippen molar-refractivity contribution in [3.05, 3.63) is 21.3 Å². The lowest BCUT2D eigenvalue weighted by atomic mass is 10.1. The summed E-state index contributed by atoms with van der Waals surface area (Å²) >= 11 is 6.91. The Labute approximate surface area is 113 Å². The molecular weight excluding hydrogens is 276 g/mol. The highest BCUT2D eigenvalue weighted by atomic mass is 35.5. The Bertz CT molecular complexity index is 514. The number of carbonyl (C=O) groups is 3. The van der Waals surface area contributed by atoms with Crippen molar-refractivity contribution in [2.45, 2.75) is 19.4 Å². The lowest BCUT2D eigenvalue weighted by molar-refractivity contribution is -0.138. The van der Waals surface area contributed by atoms with Crippen molar-refractivity contribution in [1.82, 2.24) is 10.2 Å². The minimum absolute atomic E-state index is 0.0986. The molecule has 0 bridgehead atoms. The average Bonchev–Trinajstić information content (AvgIpc) is 2.74. The molecule has 1 saturated heterocycles. The van der Waals surface area contributed by atoms with Crippen LogP contribution in [0.3, 0.4) is 0 Å². The fourth-order valence-electron chi connectivity index (χ4n) is 1.86. The number of hydrogen-bond acceptors (Lipinski definition) is 4. The molecule has 2 rings (SSSR count). The van der Waals surface area contributed by atoms with E-state index >= 15 is 0 Å². The first-order valence-corrected chi connectivity index (χ1v) is 6.62. The fourth-order valence-corrected chi connectivity index (χ4v) is 2.86. The van der Waals surface area contributed by atoms with Crippen LogP contribution in [0.5, 0.6) is 0 Å². The number of nitrogens with zero attached hydrogens (tertiary/aromatic N) is 1. The number of imide groups is 1. The Morgan fingerprint density at radius 1 is 1.56 bits per heavy atom. The van der Waals surface area contributed by atoms with Crippen LogP contribution in [0.25, 0.3) is 0 Å². The minimum atomic E-state index is -0.601. The maximum absolute atomic E-state index is 12.2. The molecule has 0 saturated carbocycles. The topological polar surface area (TPSA) is 66.5 Å². The van der Waals surface area contributed by atoms with E-state index in [4.69, 9.17) is 11.6 Å². The fraction of sp³-hybridized carbons (Fsp3) is 0.364. The van der Waals surface area contributed by atoms with Crippen LogP contribution in [0.1, 0.15) is 23.0 Å². The van der Waals surface area contributed by atoms with Gasteiger partial charge in [0.2, 0.25) is 11.8 Å². The average molecular weight is 287 g/mol. The highest BCUT2D eigenvalue weighted by Crippen LogP contribution is 2.24. The van der Waals surface area contributed by atoms with Crippen LogP contribution in [0.15, 0.2) is 12.1 Å². The number of hydrogen-bond donors (Lipinski definition) is 1. The maximum atomic E-state index is 12.2. The smallest absolute Gasteiger partial charge is 0.265 e. The first-order chi connectivity index (χ1) is 8.52. The van der Waals surface area contributed by atoms with Crippen LogP contribution in [0.4, 0.5) is 0 Å². The van der Waals surface area contributed by atoms with Crippen LogP contribution in [0.2, 0.25) is 4.34 Å². The SMILES string of the molecule is CCC1C(=O)NC(=O)CN1C(=O)c1ccc(Cl)s1. The van der Waals surface area contributed by atoms with Gasteiger partial charge in [0.1, 0.15) is 12.6 Å². The summed E-state index contributed by atoms with van der Waals surface area (Å²) in [5.74, 6) is -1.22. The molecule has 0 spiro atoms. The number of halogens is 1. The van der Waals surface area contributed by atoms with Gasteiger partial charge >= 0.3 is 0 Å². The summed E-state index contributed by atoms with van der Waals surface area (Å²) in [5, 5.41) is 2.23. The van der Waals surface area contributed by atoms with Gasteiger partial charge in [-0.15, -0.1) is 11.3 Å². The summed E-state index contributed by atoms with van der Waals surface area (Å²) in [7, 11) is 0. The Morgan fingerprint density at radius 2 is 2.28 bits per heavy atom. The predicted octanol–water partition coefficient (Wildman–Crippen LogP) is 1.28. The molecule has 7 heteroatoms. The molecular formula is C11H11ClN2O3S. The van der Waals surface area contributed by atoms with Crippen LogP contribution in [0, 0.1) is 0 Å². The molecule has 0 aromatic carbocycles. The molecule has 1 N–H and O–H groups in total. The van der Waals surface area contributed by atoms with E-state index in [0.29, 0.717) is 15.6 Å². The molecule has 18 heavy (non-hydrogen) atoms. The molecule has 5 nitrogen and oxygen atoms in total. The minimum Gasteiger partial charge on any atom is -0.317 e. The molecule has 96 valence electrons. The van der Waals surface area contributed by atoms with E-state index in [1.807, 2.05) is 0 Å². The van der Waals surface area contributed by atoms with E-state index in [-0.39, 0.29) is 12.5 Å². The highest BCUT2D eigenvalue weighted by molar-refractivity contribution is 7.18. The number of thiophene rings is 1. The number of piperazine rings is 1. The van der Waals surface area contributed by atoms with Gasteiger partial charge in [-0.1, -0.05) is 18.5 Å². The summed E-state index contributed by atoms with van der Waals surface area (Å²) in [6, 6.07) is 2.61. The van der Waals surface area contributed by atoms with Gasteiger partial charge in [-0.25, -0.2) is 0 Å². The Morgan fingerprint density at radius 3 is 2.83 bits per heavy atom. The van der Waals surface area contributed by atoms with Crippen molar-refractivity contribution in [1.29, 1.82) is 0 Å². The summed E-state index contributed by atoms with van der Waals surface area (Å²) in [6.45, 7) is 1.69. The molecule has 1 aromatic heterocycles. The normalized spacial score (nSPS) is 19.9. The zero-order valence-corrected chi connectivity index (χ0v) is 11.2. The molecule has 0 radical (unpaired) electrons.